The number of halogens is 2. The van der Waals surface area contributed by atoms with Crippen molar-refractivity contribution in [3.63, 3.8) is 0 Å². The van der Waals surface area contributed by atoms with Crippen LogP contribution in [0, 0.1) is 6.92 Å². The minimum atomic E-state index is -0.278. The second-order valence-corrected chi connectivity index (χ2v) is 8.90. The molecule has 5 nitrogen and oxygen atoms in total. The van der Waals surface area contributed by atoms with Gasteiger partial charge in [-0.25, -0.2) is 4.99 Å². The maximum absolute atomic E-state index is 13.2. The fraction of sp³-hybridized carbons (Fsp3) is 0.227. The number of hydrogen-bond acceptors (Lipinski definition) is 4. The second kappa shape index (κ2) is 8.84. The quantitative estimate of drug-likeness (QED) is 0.635. The number of hydrogen-bond donors (Lipinski definition) is 1. The Balaban J connectivity index is 1.63. The van der Waals surface area contributed by atoms with Gasteiger partial charge in [0.15, 0.2) is 5.17 Å². The molecule has 30 heavy (non-hydrogen) atoms. The van der Waals surface area contributed by atoms with E-state index in [2.05, 4.69) is 10.3 Å². The molecule has 8 heteroatoms. The molecule has 1 heterocycles. The Morgan fingerprint density at radius 2 is 1.97 bits per heavy atom. The molecule has 0 saturated heterocycles. The van der Waals surface area contributed by atoms with Crippen molar-refractivity contribution in [2.24, 2.45) is 4.99 Å². The number of benzene rings is 2. The molecule has 0 radical (unpaired) electrons. The number of thioether (sulfide) groups is 1. The van der Waals surface area contributed by atoms with Crippen LogP contribution in [0.25, 0.3) is 6.08 Å². The Bertz CT molecular complexity index is 1060. The van der Waals surface area contributed by atoms with Crippen molar-refractivity contribution >= 4 is 63.7 Å². The van der Waals surface area contributed by atoms with Gasteiger partial charge in [0, 0.05) is 6.04 Å². The molecule has 1 saturated carbocycles. The van der Waals surface area contributed by atoms with Crippen LogP contribution in [0.3, 0.4) is 0 Å². The lowest BCUT2D eigenvalue weighted by Gasteiger charge is -2.18. The van der Waals surface area contributed by atoms with Crippen LogP contribution in [0.4, 0.5) is 5.69 Å². The maximum atomic E-state index is 13.2. The highest BCUT2D eigenvalue weighted by molar-refractivity contribution is 8.14. The first-order valence-corrected chi connectivity index (χ1v) is 11.2. The molecule has 2 aromatic rings. The summed E-state index contributed by atoms with van der Waals surface area (Å²) in [6.45, 7) is 1.98. The summed E-state index contributed by atoms with van der Waals surface area (Å²) in [6, 6.07) is 13.1. The van der Waals surface area contributed by atoms with Gasteiger partial charge in [-0.2, -0.15) is 0 Å². The first-order chi connectivity index (χ1) is 14.4. The van der Waals surface area contributed by atoms with Crippen LogP contribution in [-0.4, -0.2) is 28.8 Å². The standard InChI is InChI=1S/C22H19Cl2N3O2S/c1-13-5-9-16(10-6-13)27-21(29)18(11-14-3-2-4-17(23)20(14)24)26-22(27)30-12-19(28)25-15-7-8-15/h2-6,9-11,15H,7-8,12H2,1H3,(H,25,28). The van der Waals surface area contributed by atoms with Crippen molar-refractivity contribution in [1.29, 1.82) is 0 Å². The topological polar surface area (TPSA) is 61.8 Å². The largest absolute Gasteiger partial charge is 0.353 e. The van der Waals surface area contributed by atoms with Crippen molar-refractivity contribution in [2.75, 3.05) is 10.7 Å². The normalized spacial score (nSPS) is 17.4. The fourth-order valence-corrected chi connectivity index (χ4v) is 4.11. The zero-order valence-corrected chi connectivity index (χ0v) is 18.5. The number of carbonyl (C=O) groups excluding carboxylic acids is 2. The number of carbonyl (C=O) groups is 2. The molecule has 0 spiro atoms. The molecule has 1 fully saturated rings. The number of aryl methyl sites for hydroxylation is 1. The number of anilines is 1. The number of aliphatic imine (C=N–C) groups is 1. The van der Waals surface area contributed by atoms with Crippen LogP contribution in [0.2, 0.25) is 10.0 Å². The highest BCUT2D eigenvalue weighted by Crippen LogP contribution is 2.32. The molecule has 154 valence electrons. The van der Waals surface area contributed by atoms with E-state index in [1.165, 1.54) is 16.7 Å². The molecule has 2 aliphatic rings. The van der Waals surface area contributed by atoms with Crippen LogP contribution in [-0.2, 0) is 9.59 Å². The zero-order valence-electron chi connectivity index (χ0n) is 16.2. The summed E-state index contributed by atoms with van der Waals surface area (Å²) in [5.41, 5.74) is 2.63. The smallest absolute Gasteiger partial charge is 0.283 e. The number of nitrogens with one attached hydrogen (secondary N) is 1. The van der Waals surface area contributed by atoms with Gasteiger partial charge < -0.3 is 5.32 Å². The summed E-state index contributed by atoms with van der Waals surface area (Å²) >= 11 is 13.6. The van der Waals surface area contributed by atoms with Gasteiger partial charge in [0.1, 0.15) is 5.70 Å². The van der Waals surface area contributed by atoms with Crippen molar-refractivity contribution in [3.8, 4) is 0 Å². The summed E-state index contributed by atoms with van der Waals surface area (Å²) in [5.74, 6) is -0.146. The number of rotatable bonds is 5. The van der Waals surface area contributed by atoms with E-state index in [4.69, 9.17) is 23.2 Å². The molecule has 1 aliphatic heterocycles. The third-order valence-corrected chi connectivity index (χ3v) is 6.44. The lowest BCUT2D eigenvalue weighted by molar-refractivity contribution is -0.118. The van der Waals surface area contributed by atoms with Gasteiger partial charge in [-0.05, 0) is 49.6 Å². The van der Waals surface area contributed by atoms with E-state index in [-0.39, 0.29) is 23.3 Å². The third kappa shape index (κ3) is 4.72. The summed E-state index contributed by atoms with van der Waals surface area (Å²) in [6.07, 6.45) is 3.67. The molecule has 0 unspecified atom stereocenters. The minimum Gasteiger partial charge on any atom is -0.353 e. The highest BCUT2D eigenvalue weighted by Gasteiger charge is 2.33. The van der Waals surface area contributed by atoms with Gasteiger partial charge in [0.2, 0.25) is 5.91 Å². The van der Waals surface area contributed by atoms with Crippen LogP contribution in [0.15, 0.2) is 53.2 Å². The maximum Gasteiger partial charge on any atom is 0.283 e. The van der Waals surface area contributed by atoms with Crippen LogP contribution >= 0.6 is 35.0 Å². The average molecular weight is 460 g/mol. The van der Waals surface area contributed by atoms with Crippen LogP contribution < -0.4 is 10.2 Å². The Hall–Kier alpha value is -2.28. The van der Waals surface area contributed by atoms with E-state index in [0.29, 0.717) is 32.5 Å². The number of amides is 2. The Morgan fingerprint density at radius 1 is 1.23 bits per heavy atom. The predicted molar refractivity (Wildman–Crippen MR) is 124 cm³/mol. The molecule has 2 amide bonds. The van der Waals surface area contributed by atoms with Crippen molar-refractivity contribution in [1.82, 2.24) is 5.32 Å². The molecule has 4 rings (SSSR count). The summed E-state index contributed by atoms with van der Waals surface area (Å²) in [7, 11) is 0. The minimum absolute atomic E-state index is 0.0585. The summed E-state index contributed by atoms with van der Waals surface area (Å²) in [4.78, 5) is 31.4. The van der Waals surface area contributed by atoms with E-state index in [1.54, 1.807) is 24.3 Å². The highest BCUT2D eigenvalue weighted by atomic mass is 35.5. The Morgan fingerprint density at radius 3 is 2.67 bits per heavy atom. The third-order valence-electron chi connectivity index (χ3n) is 4.67. The predicted octanol–water partition coefficient (Wildman–Crippen LogP) is 5.06. The van der Waals surface area contributed by atoms with E-state index in [0.717, 1.165) is 18.4 Å². The van der Waals surface area contributed by atoms with Gasteiger partial charge >= 0.3 is 0 Å². The lowest BCUT2D eigenvalue weighted by atomic mass is 10.2. The van der Waals surface area contributed by atoms with Gasteiger partial charge in [0.25, 0.3) is 5.91 Å². The van der Waals surface area contributed by atoms with E-state index >= 15 is 0 Å². The molecular weight excluding hydrogens is 441 g/mol. The van der Waals surface area contributed by atoms with Crippen molar-refractivity contribution < 1.29 is 9.59 Å². The van der Waals surface area contributed by atoms with E-state index < -0.39 is 0 Å². The number of nitrogens with zero attached hydrogens (tertiary/aromatic N) is 2. The van der Waals surface area contributed by atoms with Gasteiger partial charge in [-0.15, -0.1) is 0 Å². The van der Waals surface area contributed by atoms with Crippen molar-refractivity contribution in [3.05, 3.63) is 69.3 Å². The Labute approximate surface area is 189 Å². The van der Waals surface area contributed by atoms with Crippen LogP contribution in [0.1, 0.15) is 24.0 Å². The molecule has 0 aromatic heterocycles. The van der Waals surface area contributed by atoms with E-state index in [9.17, 15) is 9.59 Å². The average Bonchev–Trinajstić information content (AvgIpc) is 3.48. The monoisotopic (exact) mass is 459 g/mol. The Kier molecular flexibility index (Phi) is 6.18. The first-order valence-electron chi connectivity index (χ1n) is 9.50. The summed E-state index contributed by atoms with van der Waals surface area (Å²) in [5, 5.41) is 4.18. The molecule has 0 atom stereocenters. The molecule has 1 N–H and O–H groups in total. The molecular formula is C22H19Cl2N3O2S. The van der Waals surface area contributed by atoms with Gasteiger partial charge in [-0.1, -0.05) is 64.8 Å². The van der Waals surface area contributed by atoms with Gasteiger partial charge in [-0.3, -0.25) is 14.5 Å². The van der Waals surface area contributed by atoms with Crippen LogP contribution in [0.5, 0.6) is 0 Å². The zero-order chi connectivity index (χ0) is 21.3. The number of amidine groups is 1. The van der Waals surface area contributed by atoms with E-state index in [1.807, 2.05) is 31.2 Å². The lowest BCUT2D eigenvalue weighted by Crippen LogP contribution is -2.32. The van der Waals surface area contributed by atoms with Crippen molar-refractivity contribution in [2.45, 2.75) is 25.8 Å². The molecule has 2 aromatic carbocycles. The first kappa shape index (κ1) is 21.0. The summed E-state index contributed by atoms with van der Waals surface area (Å²) < 4.78 is 0. The fourth-order valence-electron chi connectivity index (χ4n) is 2.92. The molecule has 1 aliphatic carbocycles. The molecule has 0 bridgehead atoms. The second-order valence-electron chi connectivity index (χ2n) is 7.17. The van der Waals surface area contributed by atoms with Gasteiger partial charge in [0.05, 0.1) is 21.5 Å². The SMILES string of the molecule is Cc1ccc(N2C(=O)C(=Cc3cccc(Cl)c3Cl)N=C2SCC(=O)NC2CC2)cc1.